The first-order chi connectivity index (χ1) is 9.38. The van der Waals surface area contributed by atoms with Crippen molar-refractivity contribution in [1.82, 2.24) is 15.2 Å². The van der Waals surface area contributed by atoms with Crippen LogP contribution in [0.15, 0.2) is 18.3 Å². The number of pyridine rings is 1. The molecule has 3 nitrogen and oxygen atoms in total. The van der Waals surface area contributed by atoms with Crippen LogP contribution in [-0.2, 0) is 13.1 Å². The molecular formula is C16H27N3. The van der Waals surface area contributed by atoms with Crippen LogP contribution in [0.25, 0.3) is 0 Å². The maximum atomic E-state index is 4.60. The lowest BCUT2D eigenvalue weighted by Crippen LogP contribution is -2.27. The molecule has 1 aromatic heterocycles. The molecule has 0 amide bonds. The lowest BCUT2D eigenvalue weighted by atomic mass is 10.1. The van der Waals surface area contributed by atoms with Gasteiger partial charge in [-0.1, -0.05) is 32.3 Å². The van der Waals surface area contributed by atoms with E-state index in [0.29, 0.717) is 0 Å². The zero-order valence-corrected chi connectivity index (χ0v) is 12.2. The van der Waals surface area contributed by atoms with Crippen LogP contribution in [0.1, 0.15) is 50.3 Å². The molecule has 0 radical (unpaired) electrons. The fraction of sp³-hybridized carbons (Fsp3) is 0.688. The van der Waals surface area contributed by atoms with Crippen LogP contribution in [-0.4, -0.2) is 29.5 Å². The molecule has 1 aliphatic rings. The second-order valence-corrected chi connectivity index (χ2v) is 5.48. The molecule has 0 atom stereocenters. The summed E-state index contributed by atoms with van der Waals surface area (Å²) in [6.07, 6.45) is 8.92. The molecule has 0 aliphatic carbocycles. The van der Waals surface area contributed by atoms with E-state index in [2.05, 4.69) is 34.3 Å². The van der Waals surface area contributed by atoms with Gasteiger partial charge in [0.1, 0.15) is 0 Å². The first-order valence-electron chi connectivity index (χ1n) is 7.75. The lowest BCUT2D eigenvalue weighted by Gasteiger charge is -2.24. The smallest absolute Gasteiger partial charge is 0.0544 e. The van der Waals surface area contributed by atoms with Crippen LogP contribution in [0, 0.1) is 0 Å². The molecule has 1 fully saturated rings. The Morgan fingerprint density at radius 2 is 1.84 bits per heavy atom. The third kappa shape index (κ3) is 5.29. The molecule has 1 N–H and O–H groups in total. The van der Waals surface area contributed by atoms with Gasteiger partial charge in [-0.2, -0.15) is 0 Å². The van der Waals surface area contributed by atoms with E-state index in [-0.39, 0.29) is 0 Å². The lowest BCUT2D eigenvalue weighted by molar-refractivity contribution is 0.237. The maximum absolute atomic E-state index is 4.60. The highest BCUT2D eigenvalue weighted by Gasteiger charge is 2.09. The van der Waals surface area contributed by atoms with E-state index in [1.165, 1.54) is 56.5 Å². The summed E-state index contributed by atoms with van der Waals surface area (Å²) in [6.45, 7) is 7.55. The fourth-order valence-corrected chi connectivity index (χ4v) is 2.62. The number of hydrogen-bond donors (Lipinski definition) is 1. The van der Waals surface area contributed by atoms with Crippen molar-refractivity contribution in [2.45, 2.75) is 52.1 Å². The normalized spacial score (nSPS) is 17.9. The summed E-state index contributed by atoms with van der Waals surface area (Å²) in [5.74, 6) is 0. The van der Waals surface area contributed by atoms with Gasteiger partial charge < -0.3 is 5.32 Å². The van der Waals surface area contributed by atoms with E-state index in [9.17, 15) is 0 Å². The first-order valence-corrected chi connectivity index (χ1v) is 7.75. The molecular weight excluding hydrogens is 234 g/mol. The maximum Gasteiger partial charge on any atom is 0.0544 e. The zero-order chi connectivity index (χ0) is 13.3. The standard InChI is InChI=1S/C16H27N3/c1-2-17-12-15-8-9-16(18-13-15)14-19-10-6-4-3-5-7-11-19/h8-9,13,17H,2-7,10-12,14H2,1H3. The van der Waals surface area contributed by atoms with Gasteiger partial charge in [0.25, 0.3) is 0 Å². The summed E-state index contributed by atoms with van der Waals surface area (Å²) >= 11 is 0. The Morgan fingerprint density at radius 3 is 2.47 bits per heavy atom. The summed E-state index contributed by atoms with van der Waals surface area (Å²) in [5, 5.41) is 3.33. The fourth-order valence-electron chi connectivity index (χ4n) is 2.62. The second-order valence-electron chi connectivity index (χ2n) is 5.48. The minimum Gasteiger partial charge on any atom is -0.313 e. The quantitative estimate of drug-likeness (QED) is 0.883. The van der Waals surface area contributed by atoms with Crippen LogP contribution in [0.3, 0.4) is 0 Å². The van der Waals surface area contributed by atoms with Crippen molar-refractivity contribution in [3.05, 3.63) is 29.6 Å². The third-order valence-corrected chi connectivity index (χ3v) is 3.80. The summed E-state index contributed by atoms with van der Waals surface area (Å²) in [5.41, 5.74) is 2.49. The summed E-state index contributed by atoms with van der Waals surface area (Å²) < 4.78 is 0. The van der Waals surface area contributed by atoms with Crippen LogP contribution in [0.5, 0.6) is 0 Å². The van der Waals surface area contributed by atoms with Crippen molar-refractivity contribution in [3.8, 4) is 0 Å². The highest BCUT2D eigenvalue weighted by Crippen LogP contribution is 2.12. The van der Waals surface area contributed by atoms with Crippen LogP contribution in [0.4, 0.5) is 0 Å². The van der Waals surface area contributed by atoms with Gasteiger partial charge in [0.2, 0.25) is 0 Å². The second kappa shape index (κ2) is 8.28. The topological polar surface area (TPSA) is 28.2 Å². The monoisotopic (exact) mass is 261 g/mol. The summed E-state index contributed by atoms with van der Waals surface area (Å²) in [6, 6.07) is 4.39. The summed E-state index contributed by atoms with van der Waals surface area (Å²) in [4.78, 5) is 7.16. The van der Waals surface area contributed by atoms with Gasteiger partial charge in [-0.15, -0.1) is 0 Å². The van der Waals surface area contributed by atoms with E-state index in [1.54, 1.807) is 0 Å². The van der Waals surface area contributed by atoms with Gasteiger partial charge in [0, 0.05) is 19.3 Å². The van der Waals surface area contributed by atoms with Crippen molar-refractivity contribution in [3.63, 3.8) is 0 Å². The molecule has 0 bridgehead atoms. The van der Waals surface area contributed by atoms with Crippen molar-refractivity contribution in [1.29, 1.82) is 0 Å². The molecule has 0 saturated carbocycles. The Balaban J connectivity index is 1.83. The number of aromatic nitrogens is 1. The van der Waals surface area contributed by atoms with Crippen LogP contribution in [0.2, 0.25) is 0 Å². The Kier molecular flexibility index (Phi) is 6.31. The minimum absolute atomic E-state index is 0.924. The molecule has 1 aromatic rings. The first kappa shape index (κ1) is 14.5. The van der Waals surface area contributed by atoms with Gasteiger partial charge in [-0.05, 0) is 44.1 Å². The number of rotatable bonds is 5. The average Bonchev–Trinajstić information content (AvgIpc) is 2.41. The Morgan fingerprint density at radius 1 is 1.11 bits per heavy atom. The molecule has 106 valence electrons. The number of likely N-dealkylation sites (tertiary alicyclic amines) is 1. The molecule has 0 spiro atoms. The van der Waals surface area contributed by atoms with Gasteiger partial charge in [-0.3, -0.25) is 9.88 Å². The molecule has 0 unspecified atom stereocenters. The van der Waals surface area contributed by atoms with Crippen molar-refractivity contribution >= 4 is 0 Å². The Labute approximate surface area is 117 Å². The van der Waals surface area contributed by atoms with Gasteiger partial charge in [0.05, 0.1) is 5.69 Å². The zero-order valence-electron chi connectivity index (χ0n) is 12.2. The highest BCUT2D eigenvalue weighted by atomic mass is 15.1. The van der Waals surface area contributed by atoms with E-state index in [1.807, 2.05) is 6.20 Å². The van der Waals surface area contributed by atoms with E-state index in [0.717, 1.165) is 19.6 Å². The SMILES string of the molecule is CCNCc1ccc(CN2CCCCCCC2)nc1. The van der Waals surface area contributed by atoms with Gasteiger partial charge >= 0.3 is 0 Å². The van der Waals surface area contributed by atoms with Crippen molar-refractivity contribution in [2.75, 3.05) is 19.6 Å². The third-order valence-electron chi connectivity index (χ3n) is 3.80. The van der Waals surface area contributed by atoms with Crippen LogP contribution < -0.4 is 5.32 Å². The van der Waals surface area contributed by atoms with Crippen LogP contribution >= 0.6 is 0 Å². The van der Waals surface area contributed by atoms with Gasteiger partial charge in [-0.25, -0.2) is 0 Å². The van der Waals surface area contributed by atoms with Gasteiger partial charge in [0.15, 0.2) is 0 Å². The highest BCUT2D eigenvalue weighted by molar-refractivity contribution is 5.13. The predicted octanol–water partition coefficient (Wildman–Crippen LogP) is 2.96. The Hall–Kier alpha value is -0.930. The number of hydrogen-bond acceptors (Lipinski definition) is 3. The molecule has 1 aliphatic heterocycles. The number of nitrogens with zero attached hydrogens (tertiary/aromatic N) is 2. The van der Waals surface area contributed by atoms with Crippen molar-refractivity contribution < 1.29 is 0 Å². The molecule has 19 heavy (non-hydrogen) atoms. The van der Waals surface area contributed by atoms with E-state index < -0.39 is 0 Å². The molecule has 2 heterocycles. The molecule has 0 aromatic carbocycles. The molecule has 1 saturated heterocycles. The van der Waals surface area contributed by atoms with Crippen molar-refractivity contribution in [2.24, 2.45) is 0 Å². The van der Waals surface area contributed by atoms with E-state index in [4.69, 9.17) is 0 Å². The summed E-state index contributed by atoms with van der Waals surface area (Å²) in [7, 11) is 0. The molecule has 2 rings (SSSR count). The Bertz CT molecular complexity index is 340. The average molecular weight is 261 g/mol. The minimum atomic E-state index is 0.924. The molecule has 3 heteroatoms. The largest absolute Gasteiger partial charge is 0.313 e. The van der Waals surface area contributed by atoms with E-state index >= 15 is 0 Å². The number of nitrogens with one attached hydrogen (secondary N) is 1. The predicted molar refractivity (Wildman–Crippen MR) is 80.0 cm³/mol.